The van der Waals surface area contributed by atoms with Crippen LogP contribution in [0.5, 0.6) is 0 Å². The molecule has 222 valence electrons. The lowest BCUT2D eigenvalue weighted by molar-refractivity contribution is -0.140. The van der Waals surface area contributed by atoms with Crippen molar-refractivity contribution in [2.75, 3.05) is 98.0 Å². The second-order valence-corrected chi connectivity index (χ2v) is 11.2. The first kappa shape index (κ1) is 34.1. The molecule has 17 heteroatoms. The number of carbonyl (C=O) groups is 3. The van der Waals surface area contributed by atoms with Gasteiger partial charge in [0.15, 0.2) is 0 Å². The normalized spacial score (nSPS) is 19.9. The molecule has 0 aliphatic carbocycles. The molecule has 0 radical (unpaired) electrons. The minimum atomic E-state index is -3.81. The molecule has 2 atom stereocenters. The van der Waals surface area contributed by atoms with Gasteiger partial charge >= 0.3 is 17.9 Å². The molecule has 1 heterocycles. The molecule has 0 aromatic heterocycles. The Balaban J connectivity index is 3.15. The first-order valence-corrected chi connectivity index (χ1v) is 14.0. The Hall–Kier alpha value is -1.96. The van der Waals surface area contributed by atoms with Crippen molar-refractivity contribution >= 4 is 27.9 Å². The van der Waals surface area contributed by atoms with Gasteiger partial charge < -0.3 is 30.6 Å². The van der Waals surface area contributed by atoms with Gasteiger partial charge in [-0.3, -0.25) is 34.0 Å². The Morgan fingerprint density at radius 2 is 1.03 bits per heavy atom. The van der Waals surface area contributed by atoms with Crippen molar-refractivity contribution in [1.29, 1.82) is 0 Å². The summed E-state index contributed by atoms with van der Waals surface area (Å²) in [4.78, 5) is 40.6. The number of sulfonamides is 1. The fourth-order valence-corrected chi connectivity index (χ4v) is 5.05. The maximum atomic E-state index is 11.8. The summed E-state index contributed by atoms with van der Waals surface area (Å²) in [5, 5.41) is 57.9. The van der Waals surface area contributed by atoms with Crippen LogP contribution in [0.3, 0.4) is 0 Å². The highest BCUT2D eigenvalue weighted by Gasteiger charge is 2.32. The summed E-state index contributed by atoms with van der Waals surface area (Å²) in [5.74, 6) is -4.20. The van der Waals surface area contributed by atoms with E-state index in [9.17, 15) is 53.4 Å². The van der Waals surface area contributed by atoms with Gasteiger partial charge in [0.25, 0.3) is 0 Å². The summed E-state index contributed by atoms with van der Waals surface area (Å²) in [5.41, 5.74) is 0. The summed E-state index contributed by atoms with van der Waals surface area (Å²) in [6.45, 7) is -0.405. The van der Waals surface area contributed by atoms with Crippen LogP contribution in [0.2, 0.25) is 0 Å². The lowest BCUT2D eigenvalue weighted by atomic mass is 9.97. The lowest BCUT2D eigenvalue weighted by Gasteiger charge is -2.36. The molecule has 1 saturated heterocycles. The van der Waals surface area contributed by atoms with Gasteiger partial charge in [-0.25, -0.2) is 13.1 Å². The van der Waals surface area contributed by atoms with Crippen LogP contribution >= 0.6 is 0 Å². The van der Waals surface area contributed by atoms with E-state index in [0.29, 0.717) is 0 Å². The minimum Gasteiger partial charge on any atom is -0.480 e. The van der Waals surface area contributed by atoms with E-state index in [1.54, 1.807) is 19.6 Å². The molecule has 1 fully saturated rings. The quantitative estimate of drug-likeness (QED) is 0.104. The maximum absolute atomic E-state index is 11.8. The van der Waals surface area contributed by atoms with Gasteiger partial charge in [0.2, 0.25) is 10.0 Å². The van der Waals surface area contributed by atoms with Crippen LogP contribution in [0.25, 0.3) is 0 Å². The van der Waals surface area contributed by atoms with Crippen molar-refractivity contribution in [3.8, 4) is 0 Å². The second kappa shape index (κ2) is 16.9. The van der Waals surface area contributed by atoms with Crippen LogP contribution < -0.4 is 4.72 Å². The topological polar surface area (TPSA) is 232 Å². The number of aliphatic hydroxyl groups excluding tert-OH is 3. The van der Waals surface area contributed by atoms with E-state index in [4.69, 9.17) is 0 Å². The molecule has 0 saturated carbocycles. The monoisotopic (exact) mass is 571 g/mol. The summed E-state index contributed by atoms with van der Waals surface area (Å²) >= 11 is 0. The molecule has 2 unspecified atom stereocenters. The molecule has 0 aromatic carbocycles. The Bertz CT molecular complexity index is 826. The Morgan fingerprint density at radius 1 is 0.711 bits per heavy atom. The molecule has 0 bridgehead atoms. The number of hydrogen-bond donors (Lipinski definition) is 7. The molecule has 0 spiro atoms. The summed E-state index contributed by atoms with van der Waals surface area (Å²) in [7, 11) is -3.81. The van der Waals surface area contributed by atoms with E-state index in [1.807, 2.05) is 0 Å². The molecule has 0 amide bonds. The number of β-amino-alcohol motifs (C(OH)–C–C–N with tert-alkyl or cyclic N) is 1. The van der Waals surface area contributed by atoms with Crippen LogP contribution in [0, 0.1) is 5.92 Å². The molecular weight excluding hydrogens is 530 g/mol. The largest absolute Gasteiger partial charge is 0.480 e. The van der Waals surface area contributed by atoms with Crippen LogP contribution in [-0.2, 0) is 24.4 Å². The Morgan fingerprint density at radius 3 is 1.29 bits per heavy atom. The van der Waals surface area contributed by atoms with Crippen molar-refractivity contribution in [2.45, 2.75) is 12.1 Å². The van der Waals surface area contributed by atoms with Crippen molar-refractivity contribution in [3.63, 3.8) is 0 Å². The van der Waals surface area contributed by atoms with Gasteiger partial charge in [0.1, 0.15) is 0 Å². The van der Waals surface area contributed by atoms with E-state index in [-0.39, 0.29) is 78.5 Å². The highest BCUT2D eigenvalue weighted by atomic mass is 32.2. The van der Waals surface area contributed by atoms with Gasteiger partial charge in [-0.05, 0) is 0 Å². The van der Waals surface area contributed by atoms with Crippen molar-refractivity contribution in [2.24, 2.45) is 5.92 Å². The third-order valence-electron chi connectivity index (χ3n) is 6.19. The Labute approximate surface area is 222 Å². The van der Waals surface area contributed by atoms with Gasteiger partial charge in [-0.15, -0.1) is 0 Å². The van der Waals surface area contributed by atoms with Crippen molar-refractivity contribution in [1.82, 2.24) is 24.3 Å². The number of nitrogens with zero attached hydrogens (tertiary/aromatic N) is 4. The first-order valence-electron chi connectivity index (χ1n) is 12.2. The lowest BCUT2D eigenvalue weighted by Crippen LogP contribution is -2.55. The van der Waals surface area contributed by atoms with Gasteiger partial charge in [-0.1, -0.05) is 0 Å². The molecule has 1 aliphatic heterocycles. The van der Waals surface area contributed by atoms with E-state index in [0.717, 1.165) is 6.26 Å². The third-order valence-corrected chi connectivity index (χ3v) is 6.89. The number of aliphatic hydroxyl groups is 3. The number of aliphatic carboxylic acids is 3. The first-order chi connectivity index (χ1) is 17.7. The van der Waals surface area contributed by atoms with Crippen LogP contribution in [-0.4, -0.2) is 187 Å². The number of carboxylic acids is 3. The highest BCUT2D eigenvalue weighted by molar-refractivity contribution is 7.88. The van der Waals surface area contributed by atoms with Crippen LogP contribution in [0.4, 0.5) is 0 Å². The minimum absolute atomic E-state index is 0.114. The van der Waals surface area contributed by atoms with Crippen molar-refractivity contribution < 1.29 is 53.4 Å². The van der Waals surface area contributed by atoms with E-state index in [2.05, 4.69) is 4.72 Å². The highest BCUT2D eigenvalue weighted by Crippen LogP contribution is 2.11. The van der Waals surface area contributed by atoms with Crippen molar-refractivity contribution in [3.05, 3.63) is 0 Å². The number of carboxylic acid groups (broad SMARTS) is 3. The van der Waals surface area contributed by atoms with Gasteiger partial charge in [-0.2, -0.15) is 0 Å². The molecular formula is C21H41N5O11S. The number of nitrogens with one attached hydrogen (secondary N) is 1. The summed E-state index contributed by atoms with van der Waals surface area (Å²) < 4.78 is 26.0. The average Bonchev–Trinajstić information content (AvgIpc) is 2.79. The zero-order valence-corrected chi connectivity index (χ0v) is 22.4. The molecule has 7 N–H and O–H groups in total. The van der Waals surface area contributed by atoms with Crippen LogP contribution in [0.1, 0.15) is 0 Å². The predicted octanol–water partition coefficient (Wildman–Crippen LogP) is -4.66. The third kappa shape index (κ3) is 14.3. The molecule has 0 aromatic rings. The molecule has 38 heavy (non-hydrogen) atoms. The van der Waals surface area contributed by atoms with E-state index >= 15 is 0 Å². The SMILES string of the molecule is CS(=O)(=O)NC(C(O)CN1CCN(CC(=O)O)CCN(CC(=O)O)CCN(CC(=O)O)CC1)C(CO)CO. The molecule has 1 aliphatic rings. The van der Waals surface area contributed by atoms with E-state index < -0.39 is 59.2 Å². The van der Waals surface area contributed by atoms with E-state index in [1.165, 1.54) is 0 Å². The summed E-state index contributed by atoms with van der Waals surface area (Å²) in [6.07, 6.45) is -0.482. The fraction of sp³-hybridized carbons (Fsp3) is 0.857. The Kier molecular flexibility index (Phi) is 15.1. The second-order valence-electron chi connectivity index (χ2n) is 9.42. The summed E-state index contributed by atoms with van der Waals surface area (Å²) in [6, 6.07) is -1.21. The van der Waals surface area contributed by atoms with Crippen LogP contribution in [0.15, 0.2) is 0 Å². The average molecular weight is 572 g/mol. The zero-order valence-electron chi connectivity index (χ0n) is 21.6. The smallest absolute Gasteiger partial charge is 0.317 e. The zero-order chi connectivity index (χ0) is 28.9. The molecule has 1 rings (SSSR count). The predicted molar refractivity (Wildman–Crippen MR) is 134 cm³/mol. The van der Waals surface area contributed by atoms with Gasteiger partial charge in [0.05, 0.1) is 38.0 Å². The maximum Gasteiger partial charge on any atom is 0.317 e. The standard InChI is InChI=1S/C21H41N5O11S/c1-38(36,37)22-21(16(14-27)15-28)17(29)10-23-2-4-24(11-18(30)31)6-8-26(13-20(34)35)9-7-25(5-3-23)12-19(32)33/h16-17,21-22,27-29H,2-15H2,1H3,(H,30,31)(H,32,33)(H,34,35). The number of hydrogen-bond acceptors (Lipinski definition) is 12. The fourth-order valence-electron chi connectivity index (χ4n) is 4.21. The van der Waals surface area contributed by atoms with Gasteiger partial charge in [0, 0.05) is 78.0 Å². The molecule has 16 nitrogen and oxygen atoms in total. The number of rotatable bonds is 14.